The standard InChI is InChI=1S/C12H8N2O3/c13-6-8-1-2-9-3-4-11(15)14(7-12(16)17)10(9)5-8/h1-5H,7H2,(H,16,17). The van der Waals surface area contributed by atoms with E-state index >= 15 is 0 Å². The highest BCUT2D eigenvalue weighted by Crippen LogP contribution is 2.13. The fourth-order valence-electron chi connectivity index (χ4n) is 1.66. The number of aliphatic carboxylic acids is 1. The molecule has 0 saturated carbocycles. The van der Waals surface area contributed by atoms with Crippen molar-refractivity contribution < 1.29 is 9.90 Å². The Morgan fingerprint density at radius 1 is 1.35 bits per heavy atom. The fourth-order valence-corrected chi connectivity index (χ4v) is 1.66. The quantitative estimate of drug-likeness (QED) is 0.829. The number of aromatic nitrogens is 1. The molecular formula is C12H8N2O3. The van der Waals surface area contributed by atoms with E-state index in [0.717, 1.165) is 9.95 Å². The van der Waals surface area contributed by atoms with E-state index in [9.17, 15) is 9.59 Å². The maximum absolute atomic E-state index is 11.6. The predicted molar refractivity (Wildman–Crippen MR) is 60.6 cm³/mol. The molecule has 0 aliphatic heterocycles. The van der Waals surface area contributed by atoms with Gasteiger partial charge < -0.3 is 5.11 Å². The van der Waals surface area contributed by atoms with Gasteiger partial charge in [0.25, 0.3) is 5.56 Å². The summed E-state index contributed by atoms with van der Waals surface area (Å²) in [6.07, 6.45) is 0. The minimum Gasteiger partial charge on any atom is -0.480 e. The van der Waals surface area contributed by atoms with Crippen molar-refractivity contribution in [3.05, 3.63) is 46.2 Å². The van der Waals surface area contributed by atoms with Gasteiger partial charge in [0, 0.05) is 6.07 Å². The number of fused-ring (bicyclic) bond motifs is 1. The van der Waals surface area contributed by atoms with Gasteiger partial charge in [-0.05, 0) is 23.6 Å². The van der Waals surface area contributed by atoms with Gasteiger partial charge >= 0.3 is 5.97 Å². The van der Waals surface area contributed by atoms with Crippen LogP contribution in [0.1, 0.15) is 5.56 Å². The van der Waals surface area contributed by atoms with Crippen LogP contribution >= 0.6 is 0 Å². The molecule has 0 fully saturated rings. The molecule has 0 aliphatic rings. The number of carboxylic acids is 1. The number of nitriles is 1. The van der Waals surface area contributed by atoms with E-state index in [0.29, 0.717) is 11.1 Å². The van der Waals surface area contributed by atoms with Gasteiger partial charge in [0.05, 0.1) is 17.1 Å². The normalized spacial score (nSPS) is 10.1. The number of hydrogen-bond donors (Lipinski definition) is 1. The van der Waals surface area contributed by atoms with Gasteiger partial charge in [-0.15, -0.1) is 0 Å². The molecule has 0 saturated heterocycles. The third-order valence-corrected chi connectivity index (χ3v) is 2.42. The Kier molecular flexibility index (Phi) is 2.63. The van der Waals surface area contributed by atoms with Gasteiger partial charge in [-0.3, -0.25) is 14.2 Å². The molecule has 84 valence electrons. The molecule has 2 aromatic rings. The van der Waals surface area contributed by atoms with Gasteiger partial charge in [0.2, 0.25) is 0 Å². The molecule has 1 aromatic carbocycles. The fraction of sp³-hybridized carbons (Fsp3) is 0.0833. The molecule has 17 heavy (non-hydrogen) atoms. The predicted octanol–water partition coefficient (Wildman–Crippen LogP) is 0.958. The zero-order valence-corrected chi connectivity index (χ0v) is 8.75. The van der Waals surface area contributed by atoms with Crippen LogP contribution in [-0.4, -0.2) is 15.6 Å². The summed E-state index contributed by atoms with van der Waals surface area (Å²) < 4.78 is 1.14. The first-order valence-corrected chi connectivity index (χ1v) is 4.87. The van der Waals surface area contributed by atoms with Gasteiger partial charge in [0.1, 0.15) is 6.54 Å². The number of carboxylic acid groups (broad SMARTS) is 1. The molecule has 1 N–H and O–H groups in total. The lowest BCUT2D eigenvalue weighted by Gasteiger charge is -2.07. The van der Waals surface area contributed by atoms with Crippen molar-refractivity contribution in [1.82, 2.24) is 4.57 Å². The summed E-state index contributed by atoms with van der Waals surface area (Å²) in [5, 5.41) is 18.3. The summed E-state index contributed by atoms with van der Waals surface area (Å²) in [4.78, 5) is 22.3. The van der Waals surface area contributed by atoms with Gasteiger partial charge in [0.15, 0.2) is 0 Å². The molecule has 0 aliphatic carbocycles. The molecule has 0 bridgehead atoms. The second kappa shape index (κ2) is 4.10. The summed E-state index contributed by atoms with van der Waals surface area (Å²) in [6, 6.07) is 9.70. The molecule has 1 heterocycles. The molecule has 0 radical (unpaired) electrons. The summed E-state index contributed by atoms with van der Waals surface area (Å²) in [6.45, 7) is -0.412. The second-order valence-electron chi connectivity index (χ2n) is 3.54. The molecule has 0 unspecified atom stereocenters. The molecular weight excluding hydrogens is 220 g/mol. The number of nitrogens with zero attached hydrogens (tertiary/aromatic N) is 2. The Morgan fingerprint density at radius 2 is 2.06 bits per heavy atom. The molecule has 5 nitrogen and oxygen atoms in total. The topological polar surface area (TPSA) is 83.1 Å². The van der Waals surface area contributed by atoms with Crippen LogP contribution in [0.2, 0.25) is 0 Å². The maximum atomic E-state index is 11.6. The van der Waals surface area contributed by atoms with E-state index < -0.39 is 18.1 Å². The van der Waals surface area contributed by atoms with Crippen LogP contribution in [0, 0.1) is 11.3 Å². The maximum Gasteiger partial charge on any atom is 0.323 e. The highest BCUT2D eigenvalue weighted by Gasteiger charge is 2.07. The highest BCUT2D eigenvalue weighted by atomic mass is 16.4. The molecule has 5 heteroatoms. The summed E-state index contributed by atoms with van der Waals surface area (Å²) in [7, 11) is 0. The Hall–Kier alpha value is -2.61. The first kappa shape index (κ1) is 10.9. The number of benzene rings is 1. The van der Waals surface area contributed by atoms with E-state index in [-0.39, 0.29) is 0 Å². The van der Waals surface area contributed by atoms with E-state index in [1.165, 1.54) is 12.1 Å². The van der Waals surface area contributed by atoms with Crippen molar-refractivity contribution in [3.8, 4) is 6.07 Å². The molecule has 0 spiro atoms. The van der Waals surface area contributed by atoms with Gasteiger partial charge in [-0.2, -0.15) is 5.26 Å². The van der Waals surface area contributed by atoms with E-state index in [2.05, 4.69) is 0 Å². The van der Waals surface area contributed by atoms with Crippen LogP contribution < -0.4 is 5.56 Å². The monoisotopic (exact) mass is 228 g/mol. The molecule has 0 atom stereocenters. The van der Waals surface area contributed by atoms with Crippen molar-refractivity contribution in [3.63, 3.8) is 0 Å². The van der Waals surface area contributed by atoms with E-state index in [1.807, 2.05) is 6.07 Å². The van der Waals surface area contributed by atoms with Crippen LogP contribution in [0.5, 0.6) is 0 Å². The number of rotatable bonds is 2. The van der Waals surface area contributed by atoms with Gasteiger partial charge in [-0.1, -0.05) is 6.07 Å². The Balaban J connectivity index is 2.78. The summed E-state index contributed by atoms with van der Waals surface area (Å²) in [5.74, 6) is -1.10. The SMILES string of the molecule is N#Cc1ccc2ccc(=O)n(CC(=O)O)c2c1. The summed E-state index contributed by atoms with van der Waals surface area (Å²) in [5.41, 5.74) is 0.455. The average molecular weight is 228 g/mol. The Bertz CT molecular complexity index is 695. The average Bonchev–Trinajstić information content (AvgIpc) is 2.32. The molecule has 2 rings (SSSR count). The molecule has 1 aromatic heterocycles. The zero-order valence-electron chi connectivity index (χ0n) is 8.75. The first-order chi connectivity index (χ1) is 8.11. The summed E-state index contributed by atoms with van der Waals surface area (Å²) >= 11 is 0. The van der Waals surface area contributed by atoms with Crippen molar-refractivity contribution >= 4 is 16.9 Å². The van der Waals surface area contributed by atoms with Crippen molar-refractivity contribution in [2.45, 2.75) is 6.54 Å². The second-order valence-corrected chi connectivity index (χ2v) is 3.54. The van der Waals surface area contributed by atoms with Crippen molar-refractivity contribution in [1.29, 1.82) is 5.26 Å². The van der Waals surface area contributed by atoms with Crippen LogP contribution in [-0.2, 0) is 11.3 Å². The largest absolute Gasteiger partial charge is 0.480 e. The Morgan fingerprint density at radius 3 is 2.71 bits per heavy atom. The lowest BCUT2D eigenvalue weighted by atomic mass is 10.1. The lowest BCUT2D eigenvalue weighted by molar-refractivity contribution is -0.137. The van der Waals surface area contributed by atoms with Crippen LogP contribution in [0.3, 0.4) is 0 Å². The van der Waals surface area contributed by atoms with Crippen molar-refractivity contribution in [2.75, 3.05) is 0 Å². The molecule has 0 amide bonds. The lowest BCUT2D eigenvalue weighted by Crippen LogP contribution is -2.23. The zero-order chi connectivity index (χ0) is 12.4. The third-order valence-electron chi connectivity index (χ3n) is 2.42. The Labute approximate surface area is 96.1 Å². The van der Waals surface area contributed by atoms with Crippen LogP contribution in [0.25, 0.3) is 10.9 Å². The first-order valence-electron chi connectivity index (χ1n) is 4.87. The van der Waals surface area contributed by atoms with Gasteiger partial charge in [-0.25, -0.2) is 0 Å². The smallest absolute Gasteiger partial charge is 0.323 e. The number of hydrogen-bond acceptors (Lipinski definition) is 3. The van der Waals surface area contributed by atoms with E-state index in [1.54, 1.807) is 18.2 Å². The minimum absolute atomic E-state index is 0.391. The number of pyridine rings is 1. The third kappa shape index (κ3) is 2.01. The van der Waals surface area contributed by atoms with Crippen LogP contribution in [0.15, 0.2) is 35.1 Å². The minimum atomic E-state index is -1.10. The highest BCUT2D eigenvalue weighted by molar-refractivity contribution is 5.81. The number of carbonyl (C=O) groups is 1. The van der Waals surface area contributed by atoms with Crippen LogP contribution in [0.4, 0.5) is 0 Å². The van der Waals surface area contributed by atoms with E-state index in [4.69, 9.17) is 10.4 Å². The van der Waals surface area contributed by atoms with Crippen molar-refractivity contribution in [2.24, 2.45) is 0 Å².